The molecular formula is C48H36N2. The number of nitrogens with zero attached hydrogens (tertiary/aromatic N) is 2. The average Bonchev–Trinajstić information content (AvgIpc) is 3.47. The third-order valence-corrected chi connectivity index (χ3v) is 10.4. The minimum Gasteiger partial charge on any atom is -0.310 e. The van der Waals surface area contributed by atoms with E-state index in [0.29, 0.717) is 0 Å². The fourth-order valence-electron chi connectivity index (χ4n) is 8.36. The van der Waals surface area contributed by atoms with E-state index < -0.39 is 5.41 Å². The molecule has 1 heterocycles. The highest BCUT2D eigenvalue weighted by Gasteiger charge is 2.53. The summed E-state index contributed by atoms with van der Waals surface area (Å²) in [5.74, 6) is 0. The largest absolute Gasteiger partial charge is 0.310 e. The van der Waals surface area contributed by atoms with E-state index in [4.69, 9.17) is 0 Å². The van der Waals surface area contributed by atoms with E-state index in [1.807, 2.05) is 0 Å². The molecule has 0 fully saturated rings. The molecule has 7 aromatic rings. The summed E-state index contributed by atoms with van der Waals surface area (Å²) >= 11 is 0. The van der Waals surface area contributed by atoms with Crippen LogP contribution in [-0.2, 0) is 5.41 Å². The summed E-state index contributed by atoms with van der Waals surface area (Å²) in [6.07, 6.45) is 2.07. The monoisotopic (exact) mass is 640 g/mol. The second-order valence-corrected chi connectivity index (χ2v) is 13.0. The van der Waals surface area contributed by atoms with Gasteiger partial charge in [-0.3, -0.25) is 0 Å². The Morgan fingerprint density at radius 1 is 0.500 bits per heavy atom. The highest BCUT2D eigenvalue weighted by molar-refractivity contribution is 6.12. The number of benzene rings is 7. The topological polar surface area (TPSA) is 6.48 Å². The highest BCUT2D eigenvalue weighted by atomic mass is 15.2. The van der Waals surface area contributed by atoms with E-state index in [0.717, 1.165) is 28.4 Å². The lowest BCUT2D eigenvalue weighted by atomic mass is 9.62. The summed E-state index contributed by atoms with van der Waals surface area (Å²) in [4.78, 5) is 4.81. The van der Waals surface area contributed by atoms with Crippen molar-refractivity contribution in [2.75, 3.05) is 9.80 Å². The molecule has 1 spiro atoms. The number of hydrogen-bond acceptors (Lipinski definition) is 2. The quantitative estimate of drug-likeness (QED) is 0.178. The van der Waals surface area contributed by atoms with Crippen LogP contribution >= 0.6 is 0 Å². The fraction of sp³-hybridized carbons (Fsp3) is 0.0417. The Bertz CT molecular complexity index is 2370. The SMILES string of the molecule is C=CC1=C(c2ccccc2C)C2(c3ccccc31)c1ccccc1N(c1ccccc1)c1ccc(N(c3ccccc3)c3ccccc3)cc12. The molecule has 0 saturated heterocycles. The van der Waals surface area contributed by atoms with Crippen LogP contribution in [0.1, 0.15) is 33.4 Å². The van der Waals surface area contributed by atoms with E-state index >= 15 is 0 Å². The van der Waals surface area contributed by atoms with Crippen LogP contribution in [0.15, 0.2) is 195 Å². The summed E-state index contributed by atoms with van der Waals surface area (Å²) in [6.45, 7) is 6.68. The van der Waals surface area contributed by atoms with Crippen molar-refractivity contribution in [3.05, 3.63) is 228 Å². The summed E-state index contributed by atoms with van der Waals surface area (Å²) in [6, 6.07) is 66.0. The van der Waals surface area contributed by atoms with Gasteiger partial charge in [0.1, 0.15) is 0 Å². The number of rotatable bonds is 6. The number of hydrogen-bond donors (Lipinski definition) is 0. The predicted octanol–water partition coefficient (Wildman–Crippen LogP) is 12.7. The van der Waals surface area contributed by atoms with Crippen LogP contribution in [-0.4, -0.2) is 0 Å². The Morgan fingerprint density at radius 3 is 1.70 bits per heavy atom. The number of allylic oxidation sites excluding steroid dienone is 3. The summed E-state index contributed by atoms with van der Waals surface area (Å²) in [5.41, 5.74) is 16.1. The predicted molar refractivity (Wildman–Crippen MR) is 210 cm³/mol. The van der Waals surface area contributed by atoms with Gasteiger partial charge in [0.2, 0.25) is 0 Å². The lowest BCUT2D eigenvalue weighted by Crippen LogP contribution is -2.37. The normalized spacial score (nSPS) is 15.7. The molecule has 0 aromatic heterocycles. The molecule has 0 radical (unpaired) electrons. The molecule has 2 heteroatoms. The molecular weight excluding hydrogens is 605 g/mol. The third-order valence-electron chi connectivity index (χ3n) is 10.4. The first-order valence-electron chi connectivity index (χ1n) is 17.2. The minimum atomic E-state index is -0.626. The summed E-state index contributed by atoms with van der Waals surface area (Å²) in [5, 5.41) is 0. The van der Waals surface area contributed by atoms with Crippen molar-refractivity contribution in [2.24, 2.45) is 0 Å². The number of anilines is 6. The van der Waals surface area contributed by atoms with Gasteiger partial charge in [-0.1, -0.05) is 134 Å². The van der Waals surface area contributed by atoms with Gasteiger partial charge in [-0.05, 0) is 112 Å². The third kappa shape index (κ3) is 4.35. The van der Waals surface area contributed by atoms with Gasteiger partial charge in [0.15, 0.2) is 0 Å². The molecule has 50 heavy (non-hydrogen) atoms. The van der Waals surface area contributed by atoms with Gasteiger partial charge in [0.05, 0.1) is 16.8 Å². The number of aryl methyl sites for hydroxylation is 1. The molecule has 1 atom stereocenters. The fourth-order valence-corrected chi connectivity index (χ4v) is 8.36. The molecule has 7 aromatic carbocycles. The first kappa shape index (κ1) is 29.7. The zero-order valence-corrected chi connectivity index (χ0v) is 28.0. The van der Waals surface area contributed by atoms with Crippen LogP contribution in [0.5, 0.6) is 0 Å². The molecule has 0 saturated carbocycles. The number of fused-ring (bicyclic) bond motifs is 6. The maximum Gasteiger partial charge on any atom is 0.0760 e. The molecule has 0 N–H and O–H groups in total. The second kappa shape index (κ2) is 11.9. The molecule has 0 amide bonds. The maximum atomic E-state index is 4.45. The Labute approximate surface area is 294 Å². The zero-order chi connectivity index (χ0) is 33.7. The first-order chi connectivity index (χ1) is 24.7. The van der Waals surface area contributed by atoms with Crippen LogP contribution in [0, 0.1) is 6.92 Å². The van der Waals surface area contributed by atoms with Gasteiger partial charge in [0.25, 0.3) is 0 Å². The van der Waals surface area contributed by atoms with Gasteiger partial charge in [-0.15, -0.1) is 0 Å². The van der Waals surface area contributed by atoms with Crippen LogP contribution in [0.2, 0.25) is 0 Å². The Hall–Kier alpha value is -6.38. The van der Waals surface area contributed by atoms with Crippen LogP contribution in [0.3, 0.4) is 0 Å². The minimum absolute atomic E-state index is 0.626. The van der Waals surface area contributed by atoms with Crippen LogP contribution in [0.25, 0.3) is 11.1 Å². The van der Waals surface area contributed by atoms with E-state index in [2.05, 4.69) is 211 Å². The van der Waals surface area contributed by atoms with Crippen molar-refractivity contribution < 1.29 is 0 Å². The molecule has 1 aliphatic heterocycles. The highest BCUT2D eigenvalue weighted by Crippen LogP contribution is 2.65. The Balaban J connectivity index is 1.45. The smallest absolute Gasteiger partial charge is 0.0760 e. The van der Waals surface area contributed by atoms with Gasteiger partial charge >= 0.3 is 0 Å². The van der Waals surface area contributed by atoms with Gasteiger partial charge in [-0.2, -0.15) is 0 Å². The van der Waals surface area contributed by atoms with Crippen molar-refractivity contribution >= 4 is 45.3 Å². The molecule has 1 aliphatic carbocycles. The first-order valence-corrected chi connectivity index (χ1v) is 17.2. The van der Waals surface area contributed by atoms with Crippen molar-refractivity contribution in [1.82, 2.24) is 0 Å². The van der Waals surface area contributed by atoms with E-state index in [1.54, 1.807) is 0 Å². The molecule has 2 nitrogen and oxygen atoms in total. The second-order valence-electron chi connectivity index (χ2n) is 13.0. The Kier molecular flexibility index (Phi) is 7.10. The number of para-hydroxylation sites is 4. The molecule has 238 valence electrons. The van der Waals surface area contributed by atoms with Crippen molar-refractivity contribution in [3.63, 3.8) is 0 Å². The molecule has 1 unspecified atom stereocenters. The summed E-state index contributed by atoms with van der Waals surface area (Å²) < 4.78 is 0. The molecule has 0 bridgehead atoms. The zero-order valence-electron chi connectivity index (χ0n) is 28.0. The average molecular weight is 641 g/mol. The van der Waals surface area contributed by atoms with Gasteiger partial charge < -0.3 is 9.80 Å². The van der Waals surface area contributed by atoms with Gasteiger partial charge in [-0.25, -0.2) is 0 Å². The van der Waals surface area contributed by atoms with Gasteiger partial charge in [0, 0.05) is 22.7 Å². The lowest BCUT2D eigenvalue weighted by Gasteiger charge is -2.46. The van der Waals surface area contributed by atoms with Crippen molar-refractivity contribution in [2.45, 2.75) is 12.3 Å². The maximum absolute atomic E-state index is 4.45. The lowest BCUT2D eigenvalue weighted by molar-refractivity contribution is 0.794. The standard InChI is InChI=1S/C48H36N2/c1-3-39-41-27-15-16-28-42(41)48(47(39)40-26-14-13-19-34(40)2)43-29-17-18-30-45(43)50(37-24-11-6-12-25-37)46-32-31-38(33-44(46)48)49(35-20-7-4-8-21-35)36-22-9-5-10-23-36/h3-33H,1H2,2H3. The molecule has 9 rings (SSSR count). The van der Waals surface area contributed by atoms with Crippen molar-refractivity contribution in [1.29, 1.82) is 0 Å². The molecule has 2 aliphatic rings. The Morgan fingerprint density at radius 2 is 1.04 bits per heavy atom. The van der Waals surface area contributed by atoms with E-state index in [-0.39, 0.29) is 0 Å². The van der Waals surface area contributed by atoms with Crippen molar-refractivity contribution in [3.8, 4) is 0 Å². The van der Waals surface area contributed by atoms with E-state index in [9.17, 15) is 0 Å². The van der Waals surface area contributed by atoms with Crippen LogP contribution < -0.4 is 9.80 Å². The van der Waals surface area contributed by atoms with Crippen LogP contribution in [0.4, 0.5) is 34.1 Å². The van der Waals surface area contributed by atoms with E-state index in [1.165, 1.54) is 50.2 Å². The summed E-state index contributed by atoms with van der Waals surface area (Å²) in [7, 11) is 0.